The maximum atomic E-state index is 13.1. The van der Waals surface area contributed by atoms with Crippen molar-refractivity contribution in [2.24, 2.45) is 0 Å². The van der Waals surface area contributed by atoms with E-state index in [1.807, 2.05) is 28.0 Å². The van der Waals surface area contributed by atoms with Crippen LogP contribution in [0.25, 0.3) is 0 Å². The summed E-state index contributed by atoms with van der Waals surface area (Å²) < 4.78 is 0. The van der Waals surface area contributed by atoms with E-state index in [-0.39, 0.29) is 35.8 Å². The van der Waals surface area contributed by atoms with Crippen molar-refractivity contribution in [2.45, 2.75) is 63.6 Å². The van der Waals surface area contributed by atoms with Gasteiger partial charge in [-0.15, -0.1) is 0 Å². The molecule has 7 heteroatoms. The summed E-state index contributed by atoms with van der Waals surface area (Å²) in [5, 5.41) is 6.53. The van der Waals surface area contributed by atoms with Crippen molar-refractivity contribution in [1.29, 1.82) is 0 Å². The van der Waals surface area contributed by atoms with Crippen LogP contribution in [-0.4, -0.2) is 61.5 Å². The number of H-pyrrole nitrogens is 1. The van der Waals surface area contributed by atoms with Crippen molar-refractivity contribution < 1.29 is 9.59 Å². The van der Waals surface area contributed by atoms with E-state index in [4.69, 9.17) is 0 Å². The van der Waals surface area contributed by atoms with Gasteiger partial charge in [0.05, 0.1) is 12.1 Å². The summed E-state index contributed by atoms with van der Waals surface area (Å²) in [7, 11) is 0. The van der Waals surface area contributed by atoms with Gasteiger partial charge in [-0.25, -0.2) is 4.98 Å². The van der Waals surface area contributed by atoms with Gasteiger partial charge in [-0.3, -0.25) is 14.7 Å². The van der Waals surface area contributed by atoms with Crippen LogP contribution in [-0.2, 0) is 11.2 Å². The molecule has 3 heterocycles. The quantitative estimate of drug-likeness (QED) is 0.885. The van der Waals surface area contributed by atoms with E-state index in [1.54, 1.807) is 6.92 Å². The molecule has 0 radical (unpaired) electrons. The maximum Gasteiger partial charge on any atom is 0.291 e. The van der Waals surface area contributed by atoms with Crippen LogP contribution in [0.3, 0.4) is 0 Å². The number of carbonyl (C=O) groups excluding carboxylic acids is 2. The number of fused-ring (bicyclic) bond motifs is 1. The third-order valence-corrected chi connectivity index (χ3v) is 6.06. The van der Waals surface area contributed by atoms with Crippen molar-refractivity contribution in [1.82, 2.24) is 25.0 Å². The summed E-state index contributed by atoms with van der Waals surface area (Å²) >= 11 is 0. The molecule has 1 aromatic heterocycles. The van der Waals surface area contributed by atoms with Gasteiger partial charge >= 0.3 is 0 Å². The molecule has 0 aliphatic carbocycles. The van der Waals surface area contributed by atoms with Crippen molar-refractivity contribution in [3.63, 3.8) is 0 Å². The molecule has 3 atom stereocenters. The van der Waals surface area contributed by atoms with Gasteiger partial charge in [-0.05, 0) is 31.2 Å². The largest absolute Gasteiger partial charge is 0.334 e. The Morgan fingerprint density at radius 1 is 1.14 bits per heavy atom. The molecule has 0 bridgehead atoms. The number of rotatable bonds is 3. The number of nitrogens with one attached hydrogen (secondary N) is 1. The average Bonchev–Trinajstić information content (AvgIpc) is 3.31. The molecule has 148 valence electrons. The highest BCUT2D eigenvalue weighted by Crippen LogP contribution is 2.35. The summed E-state index contributed by atoms with van der Waals surface area (Å²) in [6.07, 6.45) is 7.06. The highest BCUT2D eigenvalue weighted by Gasteiger charge is 2.46. The molecule has 2 aliphatic heterocycles. The number of aromatic amines is 1. The zero-order valence-electron chi connectivity index (χ0n) is 16.3. The van der Waals surface area contributed by atoms with Crippen molar-refractivity contribution in [3.8, 4) is 0 Å². The lowest BCUT2D eigenvalue weighted by molar-refractivity contribution is -0.132. The standard InChI is InChI=1S/C21H27N5O2/c1-15(27)26-17(12-16-8-4-2-5-9-16)13-19-18(26)10-6-3-7-11-25(19)21(28)20-22-14-23-24-20/h2,4-5,8-9,14,17-19H,3,6-7,10-13H2,1H3,(H,22,23,24)/t17-,18-,19+/m1/s1. The zero-order valence-corrected chi connectivity index (χ0v) is 16.3. The molecule has 0 saturated carbocycles. The highest BCUT2D eigenvalue weighted by molar-refractivity contribution is 5.90. The summed E-state index contributed by atoms with van der Waals surface area (Å²) in [4.78, 5) is 33.7. The highest BCUT2D eigenvalue weighted by atomic mass is 16.2. The lowest BCUT2D eigenvalue weighted by Gasteiger charge is -2.37. The topological polar surface area (TPSA) is 82.2 Å². The fraction of sp³-hybridized carbons (Fsp3) is 0.524. The SMILES string of the molecule is CC(=O)N1[C@H](Cc2ccccc2)C[C@H]2[C@H]1CCCCCN2C(=O)c1ncn[nH]1. The molecular weight excluding hydrogens is 354 g/mol. The molecule has 1 N–H and O–H groups in total. The average molecular weight is 381 g/mol. The summed E-state index contributed by atoms with van der Waals surface area (Å²) in [6, 6.07) is 10.5. The van der Waals surface area contributed by atoms with Crippen molar-refractivity contribution in [2.75, 3.05) is 6.54 Å². The molecular formula is C21H27N5O2. The Balaban J connectivity index is 1.63. The smallest absolute Gasteiger partial charge is 0.291 e. The first kappa shape index (κ1) is 18.7. The Morgan fingerprint density at radius 3 is 2.68 bits per heavy atom. The number of likely N-dealkylation sites (tertiary alicyclic amines) is 2. The minimum atomic E-state index is -0.113. The van der Waals surface area contributed by atoms with Crippen LogP contribution in [0.15, 0.2) is 36.7 Å². The summed E-state index contributed by atoms with van der Waals surface area (Å²) in [5.74, 6) is 0.263. The molecule has 2 saturated heterocycles. The molecule has 0 spiro atoms. The van der Waals surface area contributed by atoms with E-state index in [2.05, 4.69) is 27.3 Å². The van der Waals surface area contributed by atoms with Crippen LogP contribution in [0.2, 0.25) is 0 Å². The van der Waals surface area contributed by atoms with Crippen LogP contribution in [0, 0.1) is 0 Å². The number of hydrogen-bond acceptors (Lipinski definition) is 4. The predicted molar refractivity (Wildman–Crippen MR) is 105 cm³/mol. The van der Waals surface area contributed by atoms with E-state index in [0.717, 1.165) is 38.5 Å². The van der Waals surface area contributed by atoms with Gasteiger partial charge in [-0.2, -0.15) is 5.10 Å². The van der Waals surface area contributed by atoms with Crippen LogP contribution in [0.5, 0.6) is 0 Å². The molecule has 2 aliphatic rings. The molecule has 2 amide bonds. The van der Waals surface area contributed by atoms with Gasteiger partial charge in [0.2, 0.25) is 11.7 Å². The van der Waals surface area contributed by atoms with Gasteiger partial charge in [-0.1, -0.05) is 43.2 Å². The lowest BCUT2D eigenvalue weighted by atomic mass is 9.96. The van der Waals surface area contributed by atoms with Gasteiger partial charge in [0.25, 0.3) is 5.91 Å². The first-order valence-corrected chi connectivity index (χ1v) is 10.1. The van der Waals surface area contributed by atoms with Crippen LogP contribution < -0.4 is 0 Å². The summed E-state index contributed by atoms with van der Waals surface area (Å²) in [6.45, 7) is 2.35. The van der Waals surface area contributed by atoms with E-state index in [1.165, 1.54) is 11.9 Å². The molecule has 4 rings (SSSR count). The second-order valence-electron chi connectivity index (χ2n) is 7.82. The third kappa shape index (κ3) is 3.66. The van der Waals surface area contributed by atoms with Gasteiger partial charge < -0.3 is 9.80 Å². The van der Waals surface area contributed by atoms with Crippen molar-refractivity contribution >= 4 is 11.8 Å². The third-order valence-electron chi connectivity index (χ3n) is 6.06. The first-order chi connectivity index (χ1) is 13.6. The Bertz CT molecular complexity index is 807. The minimum Gasteiger partial charge on any atom is -0.334 e. The van der Waals surface area contributed by atoms with E-state index < -0.39 is 0 Å². The van der Waals surface area contributed by atoms with Crippen molar-refractivity contribution in [3.05, 3.63) is 48.0 Å². The van der Waals surface area contributed by atoms with E-state index >= 15 is 0 Å². The fourth-order valence-corrected chi connectivity index (χ4v) is 4.91. The minimum absolute atomic E-state index is 0.0236. The van der Waals surface area contributed by atoms with Crippen LogP contribution >= 0.6 is 0 Å². The second-order valence-corrected chi connectivity index (χ2v) is 7.82. The predicted octanol–water partition coefficient (Wildman–Crippen LogP) is 2.42. The van der Waals surface area contributed by atoms with Crippen LogP contribution in [0.4, 0.5) is 0 Å². The Hall–Kier alpha value is -2.70. The van der Waals surface area contributed by atoms with Gasteiger partial charge in [0.1, 0.15) is 6.33 Å². The molecule has 1 aromatic carbocycles. The van der Waals surface area contributed by atoms with Crippen LogP contribution in [0.1, 0.15) is 55.2 Å². The Labute approximate surface area is 165 Å². The molecule has 0 unspecified atom stereocenters. The van der Waals surface area contributed by atoms with Gasteiger partial charge in [0, 0.05) is 19.5 Å². The fourth-order valence-electron chi connectivity index (χ4n) is 4.91. The number of amides is 2. The number of nitrogens with zero attached hydrogens (tertiary/aromatic N) is 4. The number of hydrogen-bond donors (Lipinski definition) is 1. The Kier molecular flexibility index (Phi) is 5.41. The maximum absolute atomic E-state index is 13.1. The molecule has 2 fully saturated rings. The lowest BCUT2D eigenvalue weighted by Crippen LogP contribution is -2.50. The zero-order chi connectivity index (χ0) is 19.5. The van der Waals surface area contributed by atoms with E-state index in [0.29, 0.717) is 6.54 Å². The monoisotopic (exact) mass is 381 g/mol. The first-order valence-electron chi connectivity index (χ1n) is 10.1. The Morgan fingerprint density at radius 2 is 1.96 bits per heavy atom. The second kappa shape index (κ2) is 8.12. The van der Waals surface area contributed by atoms with Gasteiger partial charge in [0.15, 0.2) is 0 Å². The number of carbonyl (C=O) groups is 2. The van der Waals surface area contributed by atoms with E-state index in [9.17, 15) is 9.59 Å². The summed E-state index contributed by atoms with van der Waals surface area (Å²) in [5.41, 5.74) is 1.22. The number of aromatic nitrogens is 3. The molecule has 7 nitrogen and oxygen atoms in total. The molecule has 28 heavy (non-hydrogen) atoms. The number of benzene rings is 1. The molecule has 2 aromatic rings. The normalized spacial score (nSPS) is 25.1.